The first kappa shape index (κ1) is 25.6. The minimum Gasteiger partial charge on any atom is -0.378 e. The van der Waals surface area contributed by atoms with Gasteiger partial charge in [-0.3, -0.25) is 4.99 Å². The molecule has 0 unspecified atom stereocenters. The van der Waals surface area contributed by atoms with Crippen molar-refractivity contribution in [3.63, 3.8) is 0 Å². The number of fused-ring (bicyclic) bond motifs is 3. The third-order valence-corrected chi connectivity index (χ3v) is 9.22. The van der Waals surface area contributed by atoms with E-state index in [0.29, 0.717) is 16.3 Å². The van der Waals surface area contributed by atoms with Crippen LogP contribution >= 0.6 is 15.9 Å². The molecular weight excluding hydrogens is 572 g/mol. The molecule has 0 fully saturated rings. The van der Waals surface area contributed by atoms with Gasteiger partial charge in [0.05, 0.1) is 16.2 Å². The lowest BCUT2D eigenvalue weighted by Gasteiger charge is -2.37. The summed E-state index contributed by atoms with van der Waals surface area (Å²) in [7, 11) is -3.93. The Morgan fingerprint density at radius 3 is 2.51 bits per heavy atom. The summed E-state index contributed by atoms with van der Waals surface area (Å²) in [5.41, 5.74) is 6.47. The van der Waals surface area contributed by atoms with Crippen LogP contribution in [0.5, 0.6) is 5.75 Å². The van der Waals surface area contributed by atoms with E-state index in [2.05, 4.69) is 74.8 Å². The highest BCUT2D eigenvalue weighted by atomic mass is 79.9. The van der Waals surface area contributed by atoms with Crippen molar-refractivity contribution in [3.8, 4) is 5.75 Å². The molecule has 0 radical (unpaired) electrons. The Labute approximate surface area is 237 Å². The molecule has 7 heteroatoms. The van der Waals surface area contributed by atoms with Gasteiger partial charge in [0.1, 0.15) is 4.90 Å². The number of allylic oxidation sites excluding steroid dienone is 2. The predicted molar refractivity (Wildman–Crippen MR) is 160 cm³/mol. The van der Waals surface area contributed by atoms with Gasteiger partial charge >= 0.3 is 10.1 Å². The highest BCUT2D eigenvalue weighted by Crippen LogP contribution is 2.49. The van der Waals surface area contributed by atoms with Crippen LogP contribution < -0.4 is 9.50 Å². The van der Waals surface area contributed by atoms with Crippen molar-refractivity contribution in [2.75, 3.05) is 5.32 Å². The minimum absolute atomic E-state index is 0.112. The van der Waals surface area contributed by atoms with E-state index >= 15 is 0 Å². The van der Waals surface area contributed by atoms with Crippen LogP contribution in [0.4, 0.5) is 11.4 Å². The van der Waals surface area contributed by atoms with Crippen LogP contribution in [0.1, 0.15) is 40.6 Å². The number of anilines is 1. The zero-order chi connectivity index (χ0) is 27.0. The number of halogens is 1. The van der Waals surface area contributed by atoms with Gasteiger partial charge in [-0.2, -0.15) is 8.42 Å². The van der Waals surface area contributed by atoms with E-state index in [9.17, 15) is 8.42 Å². The second-order valence-corrected chi connectivity index (χ2v) is 12.4. The monoisotopic (exact) mass is 598 g/mol. The maximum Gasteiger partial charge on any atom is 0.339 e. The lowest BCUT2D eigenvalue weighted by Crippen LogP contribution is -2.28. The zero-order valence-corrected chi connectivity index (χ0v) is 23.7. The lowest BCUT2D eigenvalue weighted by molar-refractivity contribution is 0.425. The van der Waals surface area contributed by atoms with Crippen LogP contribution in [0.25, 0.3) is 0 Å². The summed E-state index contributed by atoms with van der Waals surface area (Å²) < 4.78 is 31.2. The second-order valence-electron chi connectivity index (χ2n) is 9.95. The van der Waals surface area contributed by atoms with E-state index in [1.54, 1.807) is 36.5 Å². The van der Waals surface area contributed by atoms with Crippen molar-refractivity contribution in [2.24, 2.45) is 10.9 Å². The molecule has 4 aromatic carbocycles. The summed E-state index contributed by atoms with van der Waals surface area (Å²) >= 11 is 3.43. The molecule has 0 bridgehead atoms. The zero-order valence-electron chi connectivity index (χ0n) is 21.3. The first-order valence-electron chi connectivity index (χ1n) is 12.8. The molecule has 0 amide bonds. The van der Waals surface area contributed by atoms with Crippen LogP contribution in [-0.4, -0.2) is 14.6 Å². The van der Waals surface area contributed by atoms with Gasteiger partial charge in [-0.25, -0.2) is 0 Å². The summed E-state index contributed by atoms with van der Waals surface area (Å²) in [6, 6.07) is 28.9. The van der Waals surface area contributed by atoms with E-state index in [0.717, 1.165) is 23.2 Å². The molecule has 1 N–H and O–H groups in total. The van der Waals surface area contributed by atoms with Gasteiger partial charge < -0.3 is 9.50 Å². The molecule has 196 valence electrons. The standard InChI is InChI=1S/C32H27BrN2O3S/c1-21-9-16-25(17-10-21)39(36,37)38-31-18-11-22(19-29(31)33)20-34-24-14-12-23(13-15-24)32-28-7-4-6-26(28)27-5-2-3-8-30(27)35-32/h2-6,8-20,26,28,32,35H,7H2,1H3/t26-,28-,32-/m0/s1. The quantitative estimate of drug-likeness (QED) is 0.138. The summed E-state index contributed by atoms with van der Waals surface area (Å²) in [5.74, 6) is 1.17. The van der Waals surface area contributed by atoms with Gasteiger partial charge in [-0.1, -0.05) is 60.2 Å². The lowest BCUT2D eigenvalue weighted by atomic mass is 9.77. The van der Waals surface area contributed by atoms with Crippen molar-refractivity contribution in [1.29, 1.82) is 0 Å². The third kappa shape index (κ3) is 5.29. The molecule has 6 rings (SSSR count). The summed E-state index contributed by atoms with van der Waals surface area (Å²) in [6.45, 7) is 1.90. The Balaban J connectivity index is 1.15. The number of para-hydroxylation sites is 1. The van der Waals surface area contributed by atoms with Crippen LogP contribution in [-0.2, 0) is 10.1 Å². The Kier molecular flexibility index (Phi) is 6.87. The van der Waals surface area contributed by atoms with Crippen molar-refractivity contribution < 1.29 is 12.6 Å². The Morgan fingerprint density at radius 1 is 0.974 bits per heavy atom. The fraction of sp³-hybridized carbons (Fsp3) is 0.156. The highest BCUT2D eigenvalue weighted by Gasteiger charge is 2.37. The van der Waals surface area contributed by atoms with Gasteiger partial charge in [-0.15, -0.1) is 0 Å². The highest BCUT2D eigenvalue weighted by molar-refractivity contribution is 9.10. The van der Waals surface area contributed by atoms with Crippen LogP contribution in [0.3, 0.4) is 0 Å². The van der Waals surface area contributed by atoms with Gasteiger partial charge in [0.2, 0.25) is 0 Å². The molecule has 2 aliphatic rings. The average molecular weight is 600 g/mol. The Hall–Kier alpha value is -3.68. The number of rotatable bonds is 6. The van der Waals surface area contributed by atoms with Crippen molar-refractivity contribution >= 4 is 43.6 Å². The number of hydrogen-bond acceptors (Lipinski definition) is 5. The van der Waals surface area contributed by atoms with Crippen molar-refractivity contribution in [3.05, 3.63) is 130 Å². The maximum absolute atomic E-state index is 12.6. The number of hydrogen-bond donors (Lipinski definition) is 1. The largest absolute Gasteiger partial charge is 0.378 e. The van der Waals surface area contributed by atoms with E-state index in [1.165, 1.54) is 28.9 Å². The van der Waals surface area contributed by atoms with Crippen LogP contribution in [0.15, 0.2) is 118 Å². The van der Waals surface area contributed by atoms with Crippen molar-refractivity contribution in [1.82, 2.24) is 0 Å². The Bertz CT molecular complexity index is 1680. The first-order valence-corrected chi connectivity index (χ1v) is 15.0. The summed E-state index contributed by atoms with van der Waals surface area (Å²) in [4.78, 5) is 4.74. The molecular formula is C32H27BrN2O3S. The predicted octanol–water partition coefficient (Wildman–Crippen LogP) is 8.10. The summed E-state index contributed by atoms with van der Waals surface area (Å²) in [5, 5.41) is 3.76. The molecule has 0 saturated heterocycles. The Morgan fingerprint density at radius 2 is 1.74 bits per heavy atom. The van der Waals surface area contributed by atoms with E-state index < -0.39 is 10.1 Å². The van der Waals surface area contributed by atoms with Crippen LogP contribution in [0, 0.1) is 12.8 Å². The third-order valence-electron chi connectivity index (χ3n) is 7.35. The molecule has 1 aliphatic carbocycles. The van der Waals surface area contributed by atoms with E-state index in [1.807, 2.05) is 19.1 Å². The molecule has 3 atom stereocenters. The molecule has 5 nitrogen and oxygen atoms in total. The normalized spacial score (nSPS) is 19.9. The second kappa shape index (κ2) is 10.5. The smallest absolute Gasteiger partial charge is 0.339 e. The van der Waals surface area contributed by atoms with Crippen molar-refractivity contribution in [2.45, 2.75) is 30.2 Å². The van der Waals surface area contributed by atoms with Gasteiger partial charge in [0.15, 0.2) is 5.75 Å². The molecule has 39 heavy (non-hydrogen) atoms. The fourth-order valence-corrected chi connectivity index (χ4v) is 6.86. The molecule has 0 aromatic heterocycles. The average Bonchev–Trinajstić information content (AvgIpc) is 3.44. The van der Waals surface area contributed by atoms with Gasteiger partial charge in [0.25, 0.3) is 0 Å². The van der Waals surface area contributed by atoms with Crippen LogP contribution in [0.2, 0.25) is 0 Å². The number of benzene rings is 4. The van der Waals surface area contributed by atoms with E-state index in [4.69, 9.17) is 4.18 Å². The molecule has 0 spiro atoms. The topological polar surface area (TPSA) is 67.8 Å². The molecule has 1 aliphatic heterocycles. The SMILES string of the molecule is Cc1ccc(S(=O)(=O)Oc2ccc(C=Nc3ccc([C@@H]4Nc5ccccc5[C@@H]5C=CC[C@@H]54)cc3)cc2Br)cc1. The number of aliphatic imine (C=N–C) groups is 1. The first-order chi connectivity index (χ1) is 18.9. The molecule has 1 heterocycles. The molecule has 4 aromatic rings. The van der Waals surface area contributed by atoms with E-state index in [-0.39, 0.29) is 16.7 Å². The maximum atomic E-state index is 12.6. The minimum atomic E-state index is -3.93. The number of nitrogens with one attached hydrogen (secondary N) is 1. The number of aryl methyl sites for hydroxylation is 1. The molecule has 0 saturated carbocycles. The summed E-state index contributed by atoms with van der Waals surface area (Å²) in [6.07, 6.45) is 7.47. The fourth-order valence-electron chi connectivity index (χ4n) is 5.33. The number of nitrogens with zero attached hydrogens (tertiary/aromatic N) is 1. The van der Waals surface area contributed by atoms with Gasteiger partial charge in [0, 0.05) is 17.8 Å². The van der Waals surface area contributed by atoms with Gasteiger partial charge in [-0.05, 0) is 100 Å².